The average Bonchev–Trinajstić information content (AvgIpc) is 2.54. The summed E-state index contributed by atoms with van der Waals surface area (Å²) in [5, 5.41) is 2.85. The first-order valence-electron chi connectivity index (χ1n) is 7.73. The van der Waals surface area contributed by atoms with Gasteiger partial charge in [0.05, 0.1) is 5.75 Å². The molecule has 2 heterocycles. The largest absolute Gasteiger partial charge is 0.385 e. The molecule has 0 aliphatic heterocycles. The lowest BCUT2D eigenvalue weighted by atomic mass is 10.4. The van der Waals surface area contributed by atoms with Crippen molar-refractivity contribution in [2.24, 2.45) is 0 Å². The second kappa shape index (κ2) is 9.15. The van der Waals surface area contributed by atoms with E-state index in [0.717, 1.165) is 17.8 Å². The molecule has 1 amide bonds. The molecule has 0 aliphatic carbocycles. The van der Waals surface area contributed by atoms with E-state index in [1.807, 2.05) is 0 Å². The maximum atomic E-state index is 12.2. The van der Waals surface area contributed by atoms with Crippen molar-refractivity contribution >= 4 is 23.5 Å². The highest BCUT2D eigenvalue weighted by molar-refractivity contribution is 7.99. The number of nitrogens with one attached hydrogen (secondary N) is 3. The third kappa shape index (κ3) is 5.70. The first kappa shape index (κ1) is 19.7. The smallest absolute Gasteiger partial charge is 0.329 e. The number of methoxy groups -OCH3 is 1. The number of ether oxygens (including phenoxy) is 1. The number of carbonyl (C=O) groups excluding carboxylic acids is 1. The standard InChI is InChI=1S/C15H19N5O5S/c1-9-6-11(21)18-14(16-9)26-8-13(23)17-10-7-12(22)19-15(24)20(10)4-3-5-25-2/h6-7H,3-5,8H2,1-2H3,(H,17,23)(H,16,18,21)(H,19,22,24). The van der Waals surface area contributed by atoms with Gasteiger partial charge in [0.15, 0.2) is 5.16 Å². The van der Waals surface area contributed by atoms with Crippen LogP contribution in [0.1, 0.15) is 12.1 Å². The zero-order chi connectivity index (χ0) is 19.1. The minimum Gasteiger partial charge on any atom is -0.385 e. The van der Waals surface area contributed by atoms with Gasteiger partial charge < -0.3 is 15.0 Å². The zero-order valence-electron chi connectivity index (χ0n) is 14.3. The summed E-state index contributed by atoms with van der Waals surface area (Å²) in [5.74, 6) is -0.387. The van der Waals surface area contributed by atoms with E-state index in [4.69, 9.17) is 4.74 Å². The topological polar surface area (TPSA) is 139 Å². The molecule has 11 heteroatoms. The number of carbonyl (C=O) groups is 1. The molecule has 0 radical (unpaired) electrons. The Morgan fingerprint density at radius 1 is 1.27 bits per heavy atom. The van der Waals surface area contributed by atoms with Crippen LogP contribution in [0.3, 0.4) is 0 Å². The first-order valence-corrected chi connectivity index (χ1v) is 8.71. The Hall–Kier alpha value is -2.66. The number of aryl methyl sites for hydroxylation is 1. The number of aromatic amines is 2. The van der Waals surface area contributed by atoms with E-state index >= 15 is 0 Å². The van der Waals surface area contributed by atoms with Gasteiger partial charge >= 0.3 is 5.69 Å². The van der Waals surface area contributed by atoms with Crippen LogP contribution in [0, 0.1) is 6.92 Å². The lowest BCUT2D eigenvalue weighted by molar-refractivity contribution is -0.113. The fraction of sp³-hybridized carbons (Fsp3) is 0.400. The molecule has 2 aromatic heterocycles. The first-order chi connectivity index (χ1) is 12.4. The fourth-order valence-corrected chi connectivity index (χ4v) is 2.87. The second-order valence-corrected chi connectivity index (χ2v) is 6.31. The van der Waals surface area contributed by atoms with E-state index in [9.17, 15) is 19.2 Å². The number of anilines is 1. The van der Waals surface area contributed by atoms with Crippen LogP contribution in [-0.2, 0) is 16.1 Å². The molecule has 3 N–H and O–H groups in total. The van der Waals surface area contributed by atoms with Gasteiger partial charge in [-0.15, -0.1) is 0 Å². The molecule has 10 nitrogen and oxygen atoms in total. The van der Waals surface area contributed by atoms with Crippen molar-refractivity contribution in [1.82, 2.24) is 19.5 Å². The van der Waals surface area contributed by atoms with Crippen LogP contribution < -0.4 is 22.1 Å². The lowest BCUT2D eigenvalue weighted by Crippen LogP contribution is -2.33. The van der Waals surface area contributed by atoms with Gasteiger partial charge in [0.2, 0.25) is 5.91 Å². The molecule has 2 aromatic rings. The van der Waals surface area contributed by atoms with E-state index in [2.05, 4.69) is 20.3 Å². The summed E-state index contributed by atoms with van der Waals surface area (Å²) in [4.78, 5) is 55.8. The van der Waals surface area contributed by atoms with Gasteiger partial charge in [0.25, 0.3) is 11.1 Å². The Morgan fingerprint density at radius 3 is 2.69 bits per heavy atom. The predicted octanol–water partition coefficient (Wildman–Crippen LogP) is -0.304. The number of hydrogen-bond donors (Lipinski definition) is 3. The summed E-state index contributed by atoms with van der Waals surface area (Å²) in [6.07, 6.45) is 0.536. The molecular weight excluding hydrogens is 362 g/mol. The molecule has 0 aliphatic rings. The zero-order valence-corrected chi connectivity index (χ0v) is 15.1. The van der Waals surface area contributed by atoms with E-state index < -0.39 is 17.2 Å². The third-order valence-electron chi connectivity index (χ3n) is 3.22. The summed E-state index contributed by atoms with van der Waals surface area (Å²) < 4.78 is 6.20. The Balaban J connectivity index is 2.08. The SMILES string of the molecule is COCCCn1c(NC(=O)CSc2nc(C)cc(=O)[nH]2)cc(=O)[nH]c1=O. The summed E-state index contributed by atoms with van der Waals surface area (Å²) in [7, 11) is 1.54. The van der Waals surface area contributed by atoms with Crippen molar-refractivity contribution in [3.05, 3.63) is 49.0 Å². The number of aromatic nitrogens is 4. The van der Waals surface area contributed by atoms with Gasteiger partial charge in [-0.05, 0) is 13.3 Å². The van der Waals surface area contributed by atoms with Gasteiger partial charge in [-0.2, -0.15) is 0 Å². The van der Waals surface area contributed by atoms with Gasteiger partial charge in [-0.3, -0.25) is 23.9 Å². The molecule has 2 rings (SSSR count). The Bertz CT molecular complexity index is 948. The van der Waals surface area contributed by atoms with Crippen LogP contribution in [0.15, 0.2) is 31.7 Å². The molecular formula is C15H19N5O5S. The van der Waals surface area contributed by atoms with Crippen molar-refractivity contribution in [3.8, 4) is 0 Å². The highest BCUT2D eigenvalue weighted by Crippen LogP contribution is 2.12. The van der Waals surface area contributed by atoms with Crippen LogP contribution in [-0.4, -0.2) is 44.9 Å². The fourth-order valence-electron chi connectivity index (χ4n) is 2.15. The molecule has 0 fully saturated rings. The molecule has 0 atom stereocenters. The van der Waals surface area contributed by atoms with Crippen molar-refractivity contribution < 1.29 is 9.53 Å². The molecule has 0 saturated heterocycles. The Kier molecular flexibility index (Phi) is 6.92. The van der Waals surface area contributed by atoms with E-state index in [-0.39, 0.29) is 23.7 Å². The summed E-state index contributed by atoms with van der Waals surface area (Å²) in [6.45, 7) is 2.38. The second-order valence-electron chi connectivity index (χ2n) is 5.35. The van der Waals surface area contributed by atoms with E-state index in [1.165, 1.54) is 10.6 Å². The molecule has 0 aromatic carbocycles. The van der Waals surface area contributed by atoms with Crippen molar-refractivity contribution in [1.29, 1.82) is 0 Å². The van der Waals surface area contributed by atoms with Gasteiger partial charge in [-0.25, -0.2) is 9.78 Å². The highest BCUT2D eigenvalue weighted by atomic mass is 32.2. The lowest BCUT2D eigenvalue weighted by Gasteiger charge is -2.12. The Labute approximate surface area is 152 Å². The molecule has 0 spiro atoms. The molecule has 0 unspecified atom stereocenters. The number of rotatable bonds is 8. The van der Waals surface area contributed by atoms with Crippen molar-refractivity contribution in [3.63, 3.8) is 0 Å². The number of nitrogens with zero attached hydrogens (tertiary/aromatic N) is 2. The highest BCUT2D eigenvalue weighted by Gasteiger charge is 2.11. The minimum atomic E-state index is -0.610. The monoisotopic (exact) mass is 381 g/mol. The summed E-state index contributed by atoms with van der Waals surface area (Å²) in [5.41, 5.74) is -0.980. The number of thioether (sulfide) groups is 1. The Morgan fingerprint density at radius 2 is 2.00 bits per heavy atom. The predicted molar refractivity (Wildman–Crippen MR) is 96.8 cm³/mol. The van der Waals surface area contributed by atoms with E-state index in [0.29, 0.717) is 23.9 Å². The minimum absolute atomic E-state index is 0.0501. The molecule has 0 saturated carbocycles. The van der Waals surface area contributed by atoms with Crippen molar-refractivity contribution in [2.75, 3.05) is 24.8 Å². The maximum absolute atomic E-state index is 12.2. The molecule has 0 bridgehead atoms. The summed E-state index contributed by atoms with van der Waals surface area (Å²) in [6, 6.07) is 2.49. The van der Waals surface area contributed by atoms with Gasteiger partial charge in [0, 0.05) is 38.1 Å². The van der Waals surface area contributed by atoms with E-state index in [1.54, 1.807) is 14.0 Å². The average molecular weight is 381 g/mol. The summed E-state index contributed by atoms with van der Waals surface area (Å²) >= 11 is 1.04. The molecule has 140 valence electrons. The quantitative estimate of drug-likeness (QED) is 0.324. The van der Waals surface area contributed by atoms with Crippen molar-refractivity contribution in [2.45, 2.75) is 25.0 Å². The van der Waals surface area contributed by atoms with Crippen LogP contribution >= 0.6 is 11.8 Å². The van der Waals surface area contributed by atoms with Gasteiger partial charge in [-0.1, -0.05) is 11.8 Å². The third-order valence-corrected chi connectivity index (χ3v) is 4.09. The van der Waals surface area contributed by atoms with Crippen LogP contribution in [0.5, 0.6) is 0 Å². The normalized spacial score (nSPS) is 10.7. The molecule has 26 heavy (non-hydrogen) atoms. The number of H-pyrrole nitrogens is 2. The van der Waals surface area contributed by atoms with Gasteiger partial charge in [0.1, 0.15) is 5.82 Å². The van der Waals surface area contributed by atoms with Crippen LogP contribution in [0.4, 0.5) is 5.82 Å². The maximum Gasteiger partial charge on any atom is 0.329 e. The van der Waals surface area contributed by atoms with Crippen LogP contribution in [0.2, 0.25) is 0 Å². The van der Waals surface area contributed by atoms with Crippen LogP contribution in [0.25, 0.3) is 0 Å². The number of amides is 1. The number of hydrogen-bond acceptors (Lipinski definition) is 7.